The molecule has 0 aromatic heterocycles. The second kappa shape index (κ2) is 13.0. The first-order chi connectivity index (χ1) is 20.1. The number of halogens is 6. The van der Waals surface area contributed by atoms with Crippen LogP contribution in [0.4, 0.5) is 26.3 Å². The van der Waals surface area contributed by atoms with Crippen LogP contribution in [0.2, 0.25) is 18.1 Å². The lowest BCUT2D eigenvalue weighted by molar-refractivity contribution is -0.253. The first-order valence-corrected chi connectivity index (χ1v) is 18.0. The van der Waals surface area contributed by atoms with E-state index in [0.717, 1.165) is 18.2 Å². The second-order valence-electron chi connectivity index (χ2n) is 13.2. The molecule has 242 valence electrons. The summed E-state index contributed by atoms with van der Waals surface area (Å²) in [5.74, 6) is -2.72. The van der Waals surface area contributed by atoms with Crippen molar-refractivity contribution >= 4 is 19.7 Å². The highest BCUT2D eigenvalue weighted by Gasteiger charge is 2.46. The van der Waals surface area contributed by atoms with E-state index in [1.807, 2.05) is 33.9 Å². The standard InChI is InChI=1S/C32H39F6NO3SSi/c1-29(2,3)43(40)39-31(20-21-12-10-9-11-13-21,23-16-24(33)19-25(17-23)41-32(37,38)28(35)36)22-14-15-27(26(34)18-22)42-44(7,8)30(4,5)6/h9-19,28,39H,20H2,1-8H3/t31?,43-/m1/s1. The number of benzene rings is 3. The fraction of sp³-hybridized carbons (Fsp3) is 0.438. The Kier molecular flexibility index (Phi) is 10.6. The van der Waals surface area contributed by atoms with E-state index in [9.17, 15) is 22.1 Å². The van der Waals surface area contributed by atoms with Crippen molar-refractivity contribution in [1.29, 1.82) is 0 Å². The van der Waals surface area contributed by atoms with E-state index in [2.05, 4.69) is 9.46 Å². The average molecular weight is 660 g/mol. The Morgan fingerprint density at radius 1 is 0.864 bits per heavy atom. The predicted molar refractivity (Wildman–Crippen MR) is 164 cm³/mol. The SMILES string of the molecule is CC(C)(C)[S@@+]([O-])NC(Cc1ccccc1)(c1cc(F)cc(OC(F)(F)C(F)F)c1)c1ccc(O[Si](C)(C)C(C)(C)C)c(F)c1. The minimum atomic E-state index is -4.91. The van der Waals surface area contributed by atoms with Gasteiger partial charge in [-0.2, -0.15) is 17.6 Å². The highest BCUT2D eigenvalue weighted by molar-refractivity contribution is 7.90. The van der Waals surface area contributed by atoms with Crippen LogP contribution in [0.5, 0.6) is 11.5 Å². The lowest BCUT2D eigenvalue weighted by atomic mass is 9.78. The molecule has 12 heteroatoms. The molecule has 0 aliphatic heterocycles. The maximum atomic E-state index is 15.9. The summed E-state index contributed by atoms with van der Waals surface area (Å²) >= 11 is -1.89. The molecule has 0 aliphatic carbocycles. The van der Waals surface area contributed by atoms with Crippen LogP contribution in [0.15, 0.2) is 66.7 Å². The van der Waals surface area contributed by atoms with Gasteiger partial charge in [0.1, 0.15) is 27.6 Å². The molecule has 44 heavy (non-hydrogen) atoms. The summed E-state index contributed by atoms with van der Waals surface area (Å²) in [4.78, 5) is 0. The third-order valence-corrected chi connectivity index (χ3v) is 13.6. The molecule has 1 N–H and O–H groups in total. The van der Waals surface area contributed by atoms with E-state index in [4.69, 9.17) is 4.43 Å². The molecule has 0 spiro atoms. The van der Waals surface area contributed by atoms with Crippen molar-refractivity contribution in [3.63, 3.8) is 0 Å². The van der Waals surface area contributed by atoms with Crippen LogP contribution in [0, 0.1) is 11.6 Å². The van der Waals surface area contributed by atoms with Crippen molar-refractivity contribution in [1.82, 2.24) is 4.72 Å². The number of hydrogen-bond acceptors (Lipinski definition) is 4. The normalized spacial score (nSPS) is 15.2. The van der Waals surface area contributed by atoms with Gasteiger partial charge in [-0.05, 0) is 79.9 Å². The van der Waals surface area contributed by atoms with Gasteiger partial charge in [-0.1, -0.05) is 57.2 Å². The van der Waals surface area contributed by atoms with Gasteiger partial charge in [0.25, 0.3) is 8.32 Å². The fourth-order valence-electron chi connectivity index (χ4n) is 4.08. The monoisotopic (exact) mass is 659 g/mol. The van der Waals surface area contributed by atoms with Gasteiger partial charge in [0.2, 0.25) is 0 Å². The molecule has 0 amide bonds. The van der Waals surface area contributed by atoms with Crippen LogP contribution >= 0.6 is 0 Å². The number of nitrogens with one attached hydrogen (secondary N) is 1. The third kappa shape index (κ3) is 8.32. The minimum Gasteiger partial charge on any atom is -0.598 e. The quantitative estimate of drug-likeness (QED) is 0.127. The second-order valence-corrected chi connectivity index (χ2v) is 19.9. The summed E-state index contributed by atoms with van der Waals surface area (Å²) in [6.45, 7) is 15.0. The highest BCUT2D eigenvalue weighted by Crippen LogP contribution is 2.42. The smallest absolute Gasteiger partial charge is 0.461 e. The molecule has 0 saturated heterocycles. The summed E-state index contributed by atoms with van der Waals surface area (Å²) < 4.78 is 111. The zero-order valence-electron chi connectivity index (χ0n) is 26.0. The maximum Gasteiger partial charge on any atom is 0.461 e. The number of rotatable bonds is 11. The first kappa shape index (κ1) is 35.8. The Morgan fingerprint density at radius 2 is 1.48 bits per heavy atom. The van der Waals surface area contributed by atoms with Crippen molar-refractivity contribution in [2.24, 2.45) is 0 Å². The average Bonchev–Trinajstić information content (AvgIpc) is 2.88. The van der Waals surface area contributed by atoms with Crippen LogP contribution < -0.4 is 13.9 Å². The molecule has 3 aromatic rings. The van der Waals surface area contributed by atoms with Gasteiger partial charge in [0, 0.05) is 23.8 Å². The number of hydrogen-bond donors (Lipinski definition) is 1. The number of ether oxygens (including phenoxy) is 1. The molecule has 3 aromatic carbocycles. The molecule has 0 bridgehead atoms. The minimum absolute atomic E-state index is 0.00858. The lowest BCUT2D eigenvalue weighted by Crippen LogP contribution is -2.53. The van der Waals surface area contributed by atoms with Gasteiger partial charge < -0.3 is 13.7 Å². The zero-order valence-corrected chi connectivity index (χ0v) is 27.9. The summed E-state index contributed by atoms with van der Waals surface area (Å²) in [5.41, 5.74) is -1.03. The molecule has 0 aliphatic rings. The van der Waals surface area contributed by atoms with Gasteiger partial charge in [0.05, 0.1) is 0 Å². The van der Waals surface area contributed by atoms with Crippen molar-refractivity contribution in [2.45, 2.75) is 88.9 Å². The molecule has 0 heterocycles. The largest absolute Gasteiger partial charge is 0.598 e. The van der Waals surface area contributed by atoms with Crippen molar-refractivity contribution < 1.29 is 40.1 Å². The lowest BCUT2D eigenvalue weighted by Gasteiger charge is -2.39. The predicted octanol–water partition coefficient (Wildman–Crippen LogP) is 9.12. The van der Waals surface area contributed by atoms with Crippen LogP contribution in [-0.2, 0) is 23.3 Å². The third-order valence-electron chi connectivity index (χ3n) is 7.60. The van der Waals surface area contributed by atoms with Gasteiger partial charge in [-0.3, -0.25) is 0 Å². The van der Waals surface area contributed by atoms with Crippen molar-refractivity contribution in [3.05, 3.63) is 95.1 Å². The summed E-state index contributed by atoms with van der Waals surface area (Å²) in [7, 11) is -2.47. The fourth-order valence-corrected chi connectivity index (χ4v) is 6.04. The molecule has 1 unspecified atom stereocenters. The molecular formula is C32H39F6NO3SSi. The Balaban J connectivity index is 2.32. The summed E-state index contributed by atoms with van der Waals surface area (Å²) in [5, 5.41) is -0.238. The van der Waals surface area contributed by atoms with Crippen molar-refractivity contribution in [2.75, 3.05) is 0 Å². The van der Waals surface area contributed by atoms with Crippen LogP contribution in [-0.4, -0.2) is 30.2 Å². The topological polar surface area (TPSA) is 53.5 Å². The van der Waals surface area contributed by atoms with Crippen LogP contribution in [0.3, 0.4) is 0 Å². The Labute approximate surface area is 259 Å². The van der Waals surface area contributed by atoms with E-state index >= 15 is 8.78 Å². The van der Waals surface area contributed by atoms with Crippen molar-refractivity contribution in [3.8, 4) is 11.5 Å². The van der Waals surface area contributed by atoms with Gasteiger partial charge >= 0.3 is 12.5 Å². The Morgan fingerprint density at radius 3 is 2.00 bits per heavy atom. The van der Waals surface area contributed by atoms with Gasteiger partial charge in [-0.15, -0.1) is 4.72 Å². The van der Waals surface area contributed by atoms with Crippen LogP contribution in [0.25, 0.3) is 0 Å². The molecule has 0 radical (unpaired) electrons. The van der Waals surface area contributed by atoms with E-state index < -0.39 is 59.9 Å². The Hall–Kier alpha value is -2.67. The van der Waals surface area contributed by atoms with Gasteiger partial charge in [-0.25, -0.2) is 8.78 Å². The Bertz CT molecular complexity index is 1430. The summed E-state index contributed by atoms with van der Waals surface area (Å²) in [6.07, 6.45) is -9.16. The molecule has 2 atom stereocenters. The molecule has 4 nitrogen and oxygen atoms in total. The zero-order chi connectivity index (χ0) is 33.3. The van der Waals surface area contributed by atoms with E-state index in [-0.39, 0.29) is 28.3 Å². The van der Waals surface area contributed by atoms with E-state index in [0.29, 0.717) is 11.6 Å². The van der Waals surface area contributed by atoms with Crippen LogP contribution in [0.1, 0.15) is 58.2 Å². The summed E-state index contributed by atoms with van der Waals surface area (Å²) in [6, 6.07) is 15.3. The first-order valence-electron chi connectivity index (χ1n) is 14.0. The number of alkyl halides is 4. The highest BCUT2D eigenvalue weighted by atomic mass is 32.2. The van der Waals surface area contributed by atoms with E-state index in [1.165, 1.54) is 12.1 Å². The molecule has 3 rings (SSSR count). The maximum absolute atomic E-state index is 15.9. The molecular weight excluding hydrogens is 620 g/mol. The molecule has 0 saturated carbocycles. The van der Waals surface area contributed by atoms with Gasteiger partial charge in [0.15, 0.2) is 5.82 Å². The molecule has 0 fully saturated rings. The van der Waals surface area contributed by atoms with E-state index in [1.54, 1.807) is 51.1 Å².